The number of hydrogen-bond acceptors (Lipinski definition) is 4. The van der Waals surface area contributed by atoms with Gasteiger partial charge in [-0.1, -0.05) is 18.2 Å². The fourth-order valence-electron chi connectivity index (χ4n) is 2.30. The Balaban J connectivity index is 1.74. The van der Waals surface area contributed by atoms with Crippen LogP contribution in [0.5, 0.6) is 11.5 Å². The Hall–Kier alpha value is -2.81. The van der Waals surface area contributed by atoms with Crippen LogP contribution in [0, 0.1) is 5.82 Å². The number of carbonyl (C=O) groups excluding carboxylic acids is 1. The van der Waals surface area contributed by atoms with Crippen LogP contribution in [0.4, 0.5) is 17.6 Å². The third-order valence-corrected chi connectivity index (χ3v) is 3.64. The first kappa shape index (κ1) is 21.5. The molecule has 0 bridgehead atoms. The van der Waals surface area contributed by atoms with E-state index in [2.05, 4.69) is 10.1 Å². The van der Waals surface area contributed by atoms with Gasteiger partial charge in [0.05, 0.1) is 6.54 Å². The third-order valence-electron chi connectivity index (χ3n) is 3.64. The van der Waals surface area contributed by atoms with Crippen molar-refractivity contribution >= 4 is 5.91 Å². The Morgan fingerprint density at radius 2 is 1.79 bits per heavy atom. The van der Waals surface area contributed by atoms with Gasteiger partial charge in [0.25, 0.3) is 0 Å². The van der Waals surface area contributed by atoms with E-state index in [-0.39, 0.29) is 42.7 Å². The summed E-state index contributed by atoms with van der Waals surface area (Å²) in [5, 5.41) is 2.56. The minimum atomic E-state index is -4.80. The zero-order valence-corrected chi connectivity index (χ0v) is 15.1. The van der Waals surface area contributed by atoms with Gasteiger partial charge in [0, 0.05) is 18.7 Å². The molecule has 0 unspecified atom stereocenters. The van der Waals surface area contributed by atoms with E-state index in [4.69, 9.17) is 4.74 Å². The summed E-state index contributed by atoms with van der Waals surface area (Å²) in [6.07, 6.45) is -4.80. The molecule has 0 aromatic heterocycles. The number of ether oxygens (including phenoxy) is 2. The van der Waals surface area contributed by atoms with Crippen LogP contribution in [0.1, 0.15) is 5.56 Å². The van der Waals surface area contributed by atoms with Gasteiger partial charge in [-0.2, -0.15) is 0 Å². The molecule has 2 rings (SSSR count). The van der Waals surface area contributed by atoms with Crippen molar-refractivity contribution in [3.63, 3.8) is 0 Å². The van der Waals surface area contributed by atoms with E-state index in [1.165, 1.54) is 42.5 Å². The van der Waals surface area contributed by atoms with Gasteiger partial charge in [-0.3, -0.25) is 9.69 Å². The average Bonchev–Trinajstić information content (AvgIpc) is 2.61. The van der Waals surface area contributed by atoms with Crippen molar-refractivity contribution in [3.05, 3.63) is 59.9 Å². The first-order valence-corrected chi connectivity index (χ1v) is 8.40. The molecule has 0 aliphatic rings. The molecule has 0 heterocycles. The molecular formula is C19H20F4N2O3. The quantitative estimate of drug-likeness (QED) is 0.656. The number of hydrogen-bond donors (Lipinski definition) is 1. The predicted octanol–water partition coefficient (Wildman–Crippen LogP) is 3.35. The Kier molecular flexibility index (Phi) is 7.62. The van der Waals surface area contributed by atoms with Crippen LogP contribution >= 0.6 is 0 Å². The van der Waals surface area contributed by atoms with E-state index in [1.807, 2.05) is 0 Å². The zero-order chi connectivity index (χ0) is 20.6. The van der Waals surface area contributed by atoms with Crippen LogP contribution in [0.3, 0.4) is 0 Å². The summed E-state index contributed by atoms with van der Waals surface area (Å²) in [7, 11) is 1.70. The highest BCUT2D eigenvalue weighted by Crippen LogP contribution is 2.26. The van der Waals surface area contributed by atoms with Gasteiger partial charge in [0.1, 0.15) is 23.9 Å². The van der Waals surface area contributed by atoms with Gasteiger partial charge in [-0.15, -0.1) is 13.2 Å². The lowest BCUT2D eigenvalue weighted by atomic mass is 10.2. The monoisotopic (exact) mass is 400 g/mol. The lowest BCUT2D eigenvalue weighted by Gasteiger charge is -2.17. The van der Waals surface area contributed by atoms with Gasteiger partial charge in [0.2, 0.25) is 5.91 Å². The molecule has 0 radical (unpaired) electrons. The summed E-state index contributed by atoms with van der Waals surface area (Å²) >= 11 is 0. The number of para-hydroxylation sites is 1. The molecule has 28 heavy (non-hydrogen) atoms. The van der Waals surface area contributed by atoms with Gasteiger partial charge >= 0.3 is 6.36 Å². The van der Waals surface area contributed by atoms with Crippen molar-refractivity contribution in [2.24, 2.45) is 0 Å². The Morgan fingerprint density at radius 1 is 1.11 bits per heavy atom. The Bertz CT molecular complexity index is 767. The van der Waals surface area contributed by atoms with Crippen molar-refractivity contribution in [1.29, 1.82) is 0 Å². The van der Waals surface area contributed by atoms with Crippen molar-refractivity contribution in [2.75, 3.05) is 26.7 Å². The lowest BCUT2D eigenvalue weighted by molar-refractivity contribution is -0.274. The first-order chi connectivity index (χ1) is 13.2. The smallest absolute Gasteiger partial charge is 0.492 e. The molecule has 9 heteroatoms. The summed E-state index contributed by atoms with van der Waals surface area (Å²) < 4.78 is 59.4. The number of carbonyl (C=O) groups is 1. The number of rotatable bonds is 9. The van der Waals surface area contributed by atoms with Gasteiger partial charge in [-0.25, -0.2) is 4.39 Å². The molecule has 0 fully saturated rings. The molecule has 0 atom stereocenters. The zero-order valence-electron chi connectivity index (χ0n) is 15.1. The first-order valence-electron chi connectivity index (χ1n) is 8.40. The number of alkyl halides is 3. The molecule has 5 nitrogen and oxygen atoms in total. The summed E-state index contributed by atoms with van der Waals surface area (Å²) in [5.41, 5.74) is 0.218. The fraction of sp³-hybridized carbons (Fsp3) is 0.316. The summed E-state index contributed by atoms with van der Waals surface area (Å²) in [4.78, 5) is 13.7. The minimum Gasteiger partial charge on any atom is -0.492 e. The van der Waals surface area contributed by atoms with Crippen LogP contribution < -0.4 is 14.8 Å². The van der Waals surface area contributed by atoms with E-state index in [0.717, 1.165) is 0 Å². The molecule has 0 saturated heterocycles. The lowest BCUT2D eigenvalue weighted by Crippen LogP contribution is -2.36. The maximum Gasteiger partial charge on any atom is 0.573 e. The number of amides is 1. The normalized spacial score (nSPS) is 11.4. The van der Waals surface area contributed by atoms with E-state index in [1.54, 1.807) is 18.0 Å². The number of halogens is 4. The van der Waals surface area contributed by atoms with Crippen LogP contribution in [0.15, 0.2) is 48.5 Å². The fourth-order valence-corrected chi connectivity index (χ4v) is 2.30. The molecule has 152 valence electrons. The molecule has 0 aliphatic carbocycles. The van der Waals surface area contributed by atoms with E-state index < -0.39 is 6.36 Å². The molecule has 0 spiro atoms. The van der Waals surface area contributed by atoms with E-state index in [0.29, 0.717) is 12.3 Å². The van der Waals surface area contributed by atoms with Crippen LogP contribution in [0.2, 0.25) is 0 Å². The largest absolute Gasteiger partial charge is 0.573 e. The molecule has 0 saturated carbocycles. The van der Waals surface area contributed by atoms with E-state index >= 15 is 0 Å². The Morgan fingerprint density at radius 3 is 2.46 bits per heavy atom. The number of likely N-dealkylation sites (N-methyl/N-ethyl adjacent to an activating group) is 1. The summed E-state index contributed by atoms with van der Waals surface area (Å²) in [5.74, 6) is -0.550. The minimum absolute atomic E-state index is 0.0368. The second kappa shape index (κ2) is 9.93. The summed E-state index contributed by atoms with van der Waals surface area (Å²) in [6, 6.07) is 11.2. The second-order valence-electron chi connectivity index (χ2n) is 5.97. The standard InChI is InChI=1S/C19H20F4N2O3/c1-25(10-11-27-16-8-6-15(20)7-9-16)13-18(26)24-12-14-4-2-3-5-17(14)28-19(21,22)23/h2-9H,10-13H2,1H3,(H,24,26). The van der Waals surface area contributed by atoms with Crippen molar-refractivity contribution < 1.29 is 31.8 Å². The highest BCUT2D eigenvalue weighted by atomic mass is 19.4. The molecule has 2 aromatic carbocycles. The maximum atomic E-state index is 12.8. The number of nitrogens with one attached hydrogen (secondary N) is 1. The highest BCUT2D eigenvalue weighted by Gasteiger charge is 2.31. The van der Waals surface area contributed by atoms with E-state index in [9.17, 15) is 22.4 Å². The second-order valence-corrected chi connectivity index (χ2v) is 5.97. The Labute approximate surface area is 159 Å². The molecule has 2 aromatic rings. The maximum absolute atomic E-state index is 12.8. The van der Waals surface area contributed by atoms with Crippen LogP contribution in [0.25, 0.3) is 0 Å². The molecular weight excluding hydrogens is 380 g/mol. The third kappa shape index (κ3) is 7.83. The molecule has 0 aliphatic heterocycles. The van der Waals surface area contributed by atoms with Crippen LogP contribution in [-0.2, 0) is 11.3 Å². The van der Waals surface area contributed by atoms with Crippen molar-refractivity contribution in [3.8, 4) is 11.5 Å². The topological polar surface area (TPSA) is 50.8 Å². The SMILES string of the molecule is CN(CCOc1ccc(F)cc1)CC(=O)NCc1ccccc1OC(F)(F)F. The predicted molar refractivity (Wildman–Crippen MR) is 94.4 cm³/mol. The molecule has 1 amide bonds. The summed E-state index contributed by atoms with van der Waals surface area (Å²) in [6.45, 7) is 0.663. The van der Waals surface area contributed by atoms with Gasteiger partial charge in [-0.05, 0) is 37.4 Å². The van der Waals surface area contributed by atoms with Gasteiger partial charge < -0.3 is 14.8 Å². The van der Waals surface area contributed by atoms with Crippen molar-refractivity contribution in [2.45, 2.75) is 12.9 Å². The highest BCUT2D eigenvalue weighted by molar-refractivity contribution is 5.78. The number of benzene rings is 2. The van der Waals surface area contributed by atoms with Crippen molar-refractivity contribution in [1.82, 2.24) is 10.2 Å². The number of nitrogens with zero attached hydrogens (tertiary/aromatic N) is 1. The molecule has 1 N–H and O–H groups in total. The van der Waals surface area contributed by atoms with Gasteiger partial charge in [0.15, 0.2) is 0 Å². The average molecular weight is 400 g/mol. The van der Waals surface area contributed by atoms with Crippen LogP contribution in [-0.4, -0.2) is 43.9 Å².